The average Bonchev–Trinajstić information content (AvgIpc) is 2.21. The van der Waals surface area contributed by atoms with Gasteiger partial charge in [-0.3, -0.25) is 9.69 Å². The van der Waals surface area contributed by atoms with Crippen LogP contribution in [0.1, 0.15) is 27.7 Å². The normalized spacial score (nSPS) is 12.7. The van der Waals surface area contributed by atoms with Gasteiger partial charge in [-0.05, 0) is 20.4 Å². The lowest BCUT2D eigenvalue weighted by molar-refractivity contribution is -0.145. The number of nitrogens with zero attached hydrogens (tertiary/aromatic N) is 1. The molecule has 0 aromatic rings. The summed E-state index contributed by atoms with van der Waals surface area (Å²) in [5.41, 5.74) is 0. The molecule has 16 heavy (non-hydrogen) atoms. The zero-order chi connectivity index (χ0) is 12.7. The van der Waals surface area contributed by atoms with E-state index in [1.165, 1.54) is 14.0 Å². The lowest BCUT2D eigenvalue weighted by Gasteiger charge is -2.28. The number of nitrogens with one attached hydrogen (secondary N) is 1. The number of methoxy groups -OCH3 is 1. The van der Waals surface area contributed by atoms with E-state index < -0.39 is 12.0 Å². The molecule has 94 valence electrons. The number of carbonyl (C=O) groups is 2. The van der Waals surface area contributed by atoms with Gasteiger partial charge < -0.3 is 10.1 Å². The van der Waals surface area contributed by atoms with Crippen LogP contribution in [0.25, 0.3) is 0 Å². The molecule has 0 fully saturated rings. The third kappa shape index (κ3) is 5.11. The van der Waals surface area contributed by atoms with Gasteiger partial charge in [-0.25, -0.2) is 4.79 Å². The molecule has 1 N–H and O–H groups in total. The minimum atomic E-state index is -0.593. The van der Waals surface area contributed by atoms with Crippen molar-refractivity contribution in [3.8, 4) is 0 Å². The first-order chi connectivity index (χ1) is 7.42. The second-order valence-electron chi connectivity index (χ2n) is 3.96. The quantitative estimate of drug-likeness (QED) is 0.671. The Hall–Kier alpha value is -1.10. The van der Waals surface area contributed by atoms with E-state index in [2.05, 4.69) is 15.0 Å². The Kier molecular flexibility index (Phi) is 6.72. The van der Waals surface area contributed by atoms with Crippen molar-refractivity contribution in [3.63, 3.8) is 0 Å². The summed E-state index contributed by atoms with van der Waals surface area (Å²) in [7, 11) is 1.32. The molecule has 0 aliphatic rings. The smallest absolute Gasteiger partial charge is 0.329 e. The molecule has 0 aliphatic heterocycles. The molecule has 0 aromatic carbocycles. The summed E-state index contributed by atoms with van der Waals surface area (Å²) in [6, 6.07) is -0.268. The van der Waals surface area contributed by atoms with E-state index in [1.807, 2.05) is 20.8 Å². The van der Waals surface area contributed by atoms with Crippen molar-refractivity contribution in [2.24, 2.45) is 0 Å². The van der Waals surface area contributed by atoms with Gasteiger partial charge in [-0.1, -0.05) is 6.92 Å². The highest BCUT2D eigenvalue weighted by molar-refractivity contribution is 5.83. The first-order valence-electron chi connectivity index (χ1n) is 5.51. The zero-order valence-electron chi connectivity index (χ0n) is 10.7. The molecule has 1 unspecified atom stereocenters. The number of likely N-dealkylation sites (N-methyl/N-ethyl adjacent to an activating group) is 1. The van der Waals surface area contributed by atoms with Crippen molar-refractivity contribution in [1.82, 2.24) is 10.2 Å². The van der Waals surface area contributed by atoms with Crippen LogP contribution in [-0.2, 0) is 14.3 Å². The number of esters is 1. The molecule has 0 radical (unpaired) electrons. The van der Waals surface area contributed by atoms with Crippen LogP contribution in [0, 0.1) is 0 Å². The van der Waals surface area contributed by atoms with Crippen LogP contribution in [-0.4, -0.2) is 49.1 Å². The van der Waals surface area contributed by atoms with Gasteiger partial charge in [0.1, 0.15) is 6.04 Å². The third-order valence-corrected chi connectivity index (χ3v) is 2.42. The Bertz CT molecular complexity index is 241. The molecule has 1 atom stereocenters. The fourth-order valence-corrected chi connectivity index (χ4v) is 1.51. The number of carbonyl (C=O) groups excluding carboxylic acids is 2. The van der Waals surface area contributed by atoms with Crippen LogP contribution >= 0.6 is 0 Å². The molecule has 0 saturated heterocycles. The third-order valence-electron chi connectivity index (χ3n) is 2.42. The largest absolute Gasteiger partial charge is 0.467 e. The van der Waals surface area contributed by atoms with E-state index in [0.29, 0.717) is 12.6 Å². The molecule has 0 heterocycles. The number of amides is 1. The van der Waals surface area contributed by atoms with Gasteiger partial charge in [0.2, 0.25) is 5.91 Å². The predicted octanol–water partition coefficient (Wildman–Crippen LogP) is 0.394. The highest BCUT2D eigenvalue weighted by atomic mass is 16.5. The summed E-state index contributed by atoms with van der Waals surface area (Å²) in [6.07, 6.45) is 0. The Morgan fingerprint density at radius 1 is 1.38 bits per heavy atom. The van der Waals surface area contributed by atoms with Crippen LogP contribution in [0.3, 0.4) is 0 Å². The number of rotatable bonds is 6. The van der Waals surface area contributed by atoms with Crippen LogP contribution in [0.4, 0.5) is 0 Å². The lowest BCUT2D eigenvalue weighted by Crippen LogP contribution is -2.49. The standard InChI is InChI=1S/C11H22N2O3/c1-6-13(8(2)3)7-10(11(15)16-5)12-9(4)14/h8,10H,6-7H2,1-5H3,(H,12,14). The van der Waals surface area contributed by atoms with Crippen molar-refractivity contribution in [2.45, 2.75) is 39.8 Å². The van der Waals surface area contributed by atoms with Crippen LogP contribution in [0.2, 0.25) is 0 Å². The molecular weight excluding hydrogens is 208 g/mol. The predicted molar refractivity (Wildman–Crippen MR) is 62.0 cm³/mol. The molecule has 5 heteroatoms. The highest BCUT2D eigenvalue weighted by Gasteiger charge is 2.23. The molecule has 0 bridgehead atoms. The van der Waals surface area contributed by atoms with Gasteiger partial charge in [-0.2, -0.15) is 0 Å². The average molecular weight is 230 g/mol. The number of hydrogen-bond donors (Lipinski definition) is 1. The summed E-state index contributed by atoms with van der Waals surface area (Å²) in [6.45, 7) is 8.80. The van der Waals surface area contributed by atoms with Gasteiger partial charge in [0.15, 0.2) is 0 Å². The van der Waals surface area contributed by atoms with Gasteiger partial charge in [0, 0.05) is 19.5 Å². The van der Waals surface area contributed by atoms with E-state index in [0.717, 1.165) is 6.54 Å². The maximum atomic E-state index is 11.5. The molecule has 5 nitrogen and oxygen atoms in total. The van der Waals surface area contributed by atoms with E-state index >= 15 is 0 Å². The van der Waals surface area contributed by atoms with E-state index in [-0.39, 0.29) is 5.91 Å². The first-order valence-corrected chi connectivity index (χ1v) is 5.51. The molecule has 0 rings (SSSR count). The summed E-state index contributed by atoms with van der Waals surface area (Å²) >= 11 is 0. The van der Waals surface area contributed by atoms with Crippen molar-refractivity contribution in [1.29, 1.82) is 0 Å². The van der Waals surface area contributed by atoms with Crippen LogP contribution < -0.4 is 5.32 Å². The molecule has 0 saturated carbocycles. The monoisotopic (exact) mass is 230 g/mol. The minimum Gasteiger partial charge on any atom is -0.467 e. The molecular formula is C11H22N2O3. The van der Waals surface area contributed by atoms with E-state index in [1.54, 1.807) is 0 Å². The molecule has 0 spiro atoms. The van der Waals surface area contributed by atoms with E-state index in [4.69, 9.17) is 0 Å². The van der Waals surface area contributed by atoms with Gasteiger partial charge in [0.25, 0.3) is 0 Å². The van der Waals surface area contributed by atoms with Crippen molar-refractivity contribution in [2.75, 3.05) is 20.2 Å². The number of hydrogen-bond acceptors (Lipinski definition) is 4. The maximum Gasteiger partial charge on any atom is 0.329 e. The van der Waals surface area contributed by atoms with E-state index in [9.17, 15) is 9.59 Å². The van der Waals surface area contributed by atoms with Crippen LogP contribution in [0.5, 0.6) is 0 Å². The first kappa shape index (κ1) is 14.9. The minimum absolute atomic E-state index is 0.227. The van der Waals surface area contributed by atoms with Crippen molar-refractivity contribution < 1.29 is 14.3 Å². The van der Waals surface area contributed by atoms with Gasteiger partial charge >= 0.3 is 5.97 Å². The zero-order valence-corrected chi connectivity index (χ0v) is 10.7. The summed E-state index contributed by atoms with van der Waals surface area (Å²) in [5.74, 6) is -0.635. The second kappa shape index (κ2) is 7.22. The fourth-order valence-electron chi connectivity index (χ4n) is 1.51. The Balaban J connectivity index is 4.51. The Labute approximate surface area is 97.1 Å². The second-order valence-corrected chi connectivity index (χ2v) is 3.96. The summed E-state index contributed by atoms with van der Waals surface area (Å²) in [5, 5.41) is 2.60. The highest BCUT2D eigenvalue weighted by Crippen LogP contribution is 2.01. The summed E-state index contributed by atoms with van der Waals surface area (Å²) in [4.78, 5) is 24.5. The Morgan fingerprint density at radius 3 is 2.25 bits per heavy atom. The van der Waals surface area contributed by atoms with Gasteiger partial charge in [0.05, 0.1) is 7.11 Å². The molecule has 1 amide bonds. The SMILES string of the molecule is CCN(CC(NC(C)=O)C(=O)OC)C(C)C. The van der Waals surface area contributed by atoms with Gasteiger partial charge in [-0.15, -0.1) is 0 Å². The molecule has 0 aromatic heterocycles. The van der Waals surface area contributed by atoms with Crippen molar-refractivity contribution in [3.05, 3.63) is 0 Å². The van der Waals surface area contributed by atoms with Crippen LogP contribution in [0.15, 0.2) is 0 Å². The summed E-state index contributed by atoms with van der Waals surface area (Å²) < 4.78 is 4.66. The maximum absolute atomic E-state index is 11.5. The number of ether oxygens (including phenoxy) is 1. The lowest BCUT2D eigenvalue weighted by atomic mass is 10.2. The topological polar surface area (TPSA) is 58.6 Å². The Morgan fingerprint density at radius 2 is 1.94 bits per heavy atom. The fraction of sp³-hybridized carbons (Fsp3) is 0.818. The van der Waals surface area contributed by atoms with Crippen molar-refractivity contribution >= 4 is 11.9 Å². The molecule has 0 aliphatic carbocycles.